The fourth-order valence-corrected chi connectivity index (χ4v) is 20.7. The monoisotopic (exact) mass is 1050 g/mol. The minimum atomic E-state index is -3.89. The number of rotatable bonds is 6. The van der Waals surface area contributed by atoms with Crippen LogP contribution in [0, 0.1) is 0 Å². The van der Waals surface area contributed by atoms with E-state index in [1.807, 2.05) is 24.5 Å². The van der Waals surface area contributed by atoms with Crippen LogP contribution in [0.2, 0.25) is 0 Å². The fraction of sp³-hybridized carbons (Fsp3) is 0. The van der Waals surface area contributed by atoms with Crippen molar-refractivity contribution in [2.24, 2.45) is 0 Å². The molecule has 1 spiro atoms. The molecule has 8 heterocycles. The van der Waals surface area contributed by atoms with Crippen LogP contribution >= 0.6 is 0 Å². The molecule has 0 N–H and O–H groups in total. The molecule has 2 aliphatic heterocycles. The average Bonchev–Trinajstić information content (AvgIpc) is 2.66. The van der Waals surface area contributed by atoms with Crippen LogP contribution in [-0.2, 0) is 0 Å². The first kappa shape index (κ1) is 44.3. The van der Waals surface area contributed by atoms with Crippen LogP contribution in [0.3, 0.4) is 0 Å². The molecule has 0 fully saturated rings. The Kier molecular flexibility index (Phi) is 9.09. The Bertz CT molecular complexity index is 4880. The van der Waals surface area contributed by atoms with Crippen LogP contribution in [0.25, 0.3) is 134 Å². The molecule has 2 aliphatic rings. The largest absolute Gasteiger partial charge is 0.309 e. The Hall–Kier alpha value is -10.7. The molecule has 376 valence electrons. The molecule has 0 saturated carbocycles. The van der Waals surface area contributed by atoms with Gasteiger partial charge in [0.25, 0.3) is 0 Å². The van der Waals surface area contributed by atoms with Crippen molar-refractivity contribution in [1.82, 2.24) is 38.2 Å². The van der Waals surface area contributed by atoms with Crippen LogP contribution in [0.5, 0.6) is 0 Å². The molecule has 6 aromatic heterocycles. The minimum Gasteiger partial charge on any atom is -0.309 e. The van der Waals surface area contributed by atoms with Crippen molar-refractivity contribution in [1.29, 1.82) is 0 Å². The highest BCUT2D eigenvalue weighted by molar-refractivity contribution is 7.26. The summed E-state index contributed by atoms with van der Waals surface area (Å²) >= 11 is 0. The zero-order valence-electron chi connectivity index (χ0n) is 43.5. The number of hydrogen-bond donors (Lipinski definition) is 0. The van der Waals surface area contributed by atoms with Crippen molar-refractivity contribution in [2.45, 2.75) is 0 Å². The number of para-hydroxylation sites is 6. The smallest absolute Gasteiger partial charge is 0.188 e. The molecule has 0 unspecified atom stereocenters. The summed E-state index contributed by atoms with van der Waals surface area (Å²) in [5.74, 6) is 1.68. The molecule has 0 atom stereocenters. The van der Waals surface area contributed by atoms with Gasteiger partial charge in [-0.05, 0) is 128 Å². The Morgan fingerprint density at radius 2 is 0.593 bits per heavy atom. The maximum Gasteiger partial charge on any atom is 0.188 e. The minimum absolute atomic E-state index is 0.802. The van der Waals surface area contributed by atoms with Crippen molar-refractivity contribution >= 4 is 94.8 Å². The summed E-state index contributed by atoms with van der Waals surface area (Å²) in [5, 5.41) is 10.0. The molecular formula is C72H44N8Si. The van der Waals surface area contributed by atoms with E-state index in [1.54, 1.807) is 0 Å². The Labute approximate surface area is 465 Å². The van der Waals surface area contributed by atoms with Gasteiger partial charge in [-0.2, -0.15) is 0 Å². The molecule has 0 radical (unpaired) electrons. The number of imidazole rings is 2. The molecule has 16 aromatic rings. The van der Waals surface area contributed by atoms with E-state index in [-0.39, 0.29) is 0 Å². The van der Waals surface area contributed by atoms with Gasteiger partial charge in [-0.1, -0.05) is 170 Å². The second-order valence-corrected chi connectivity index (χ2v) is 24.8. The number of fused-ring (bicyclic) bond motifs is 18. The Balaban J connectivity index is 1.09. The van der Waals surface area contributed by atoms with Gasteiger partial charge in [-0.3, -0.25) is 9.13 Å². The topological polar surface area (TPSA) is 71.3 Å². The van der Waals surface area contributed by atoms with E-state index in [0.29, 0.717) is 0 Å². The standard InChI is InChI=1S/C72H44N8Si/c1-3-21-45(22-4-1)77-69(75-57-35-19-43-73-71(57)77)55-33-15-29-51-52-30-16-34-56(70-76-58-36-20-44-74-72(58)78(70)46-23-5-2-6-24-46)66(52)81(65(51)55)67-53(31-17-41-63(67)79-59-37-11-7-25-47(59)48-26-8-12-38-60(48)79)54-32-18-42-64(68(54)81)80-61-39-13-9-27-49(61)50-28-10-14-40-62(50)80/h1-44H. The normalized spacial score (nSPS) is 13.0. The highest BCUT2D eigenvalue weighted by Gasteiger charge is 2.59. The molecular weight excluding hydrogens is 1000 g/mol. The highest BCUT2D eigenvalue weighted by Crippen LogP contribution is 2.46. The van der Waals surface area contributed by atoms with Crippen LogP contribution < -0.4 is 20.7 Å². The van der Waals surface area contributed by atoms with Crippen LogP contribution in [0.1, 0.15) is 0 Å². The summed E-state index contributed by atoms with van der Waals surface area (Å²) in [5.41, 5.74) is 19.1. The zero-order chi connectivity index (χ0) is 52.9. The van der Waals surface area contributed by atoms with Crippen molar-refractivity contribution in [3.8, 4) is 67.8 Å². The first-order chi connectivity index (χ1) is 40.3. The number of pyridine rings is 2. The van der Waals surface area contributed by atoms with E-state index in [4.69, 9.17) is 19.9 Å². The van der Waals surface area contributed by atoms with Crippen molar-refractivity contribution < 1.29 is 0 Å². The number of benzene rings is 10. The van der Waals surface area contributed by atoms with Gasteiger partial charge in [0.2, 0.25) is 0 Å². The first-order valence-electron chi connectivity index (χ1n) is 27.6. The molecule has 81 heavy (non-hydrogen) atoms. The molecule has 0 bridgehead atoms. The molecule has 18 rings (SSSR count). The Morgan fingerprint density at radius 1 is 0.259 bits per heavy atom. The van der Waals surface area contributed by atoms with Gasteiger partial charge in [0, 0.05) is 67.8 Å². The third-order valence-corrected chi connectivity index (χ3v) is 22.4. The summed E-state index contributed by atoms with van der Waals surface area (Å²) < 4.78 is 9.71. The number of aromatic nitrogens is 8. The van der Waals surface area contributed by atoms with E-state index >= 15 is 0 Å². The van der Waals surface area contributed by atoms with E-state index < -0.39 is 8.07 Å². The summed E-state index contributed by atoms with van der Waals surface area (Å²) in [7, 11) is -3.89. The van der Waals surface area contributed by atoms with E-state index in [9.17, 15) is 0 Å². The molecule has 10 aromatic carbocycles. The molecule has 0 amide bonds. The van der Waals surface area contributed by atoms with Crippen LogP contribution in [-0.4, -0.2) is 46.3 Å². The van der Waals surface area contributed by atoms with Crippen molar-refractivity contribution in [3.05, 3.63) is 267 Å². The molecule has 0 saturated heterocycles. The summed E-state index contributed by atoms with van der Waals surface area (Å²) in [6, 6.07) is 93.3. The predicted octanol–water partition coefficient (Wildman–Crippen LogP) is 14.0. The maximum absolute atomic E-state index is 5.73. The van der Waals surface area contributed by atoms with E-state index in [0.717, 1.165) is 89.9 Å². The van der Waals surface area contributed by atoms with Gasteiger partial charge in [0.15, 0.2) is 19.4 Å². The van der Waals surface area contributed by atoms with Gasteiger partial charge in [0.1, 0.15) is 22.7 Å². The number of hydrogen-bond acceptors (Lipinski definition) is 4. The van der Waals surface area contributed by atoms with E-state index in [2.05, 4.69) is 261 Å². The van der Waals surface area contributed by atoms with Gasteiger partial charge >= 0.3 is 0 Å². The lowest BCUT2D eigenvalue weighted by Crippen LogP contribution is -2.72. The SMILES string of the molecule is c1ccc(-n2c(-c3cccc4c3[Si]3(c5c-4cccc5-c4nc5cccnc5n4-c4ccccc4)c4c(cccc4-n4c5ccccc5c5ccccc54)-c4cccc(-n5c6ccccc6c6ccccc65)c43)nc3cccnc32)cc1. The first-order valence-corrected chi connectivity index (χ1v) is 29.6. The van der Waals surface area contributed by atoms with Gasteiger partial charge < -0.3 is 9.13 Å². The lowest BCUT2D eigenvalue weighted by Gasteiger charge is -2.34. The molecule has 0 aliphatic carbocycles. The third kappa shape index (κ3) is 5.86. The molecule has 8 nitrogen and oxygen atoms in total. The van der Waals surface area contributed by atoms with Gasteiger partial charge in [-0.15, -0.1) is 0 Å². The molecule has 9 heteroatoms. The summed E-state index contributed by atoms with van der Waals surface area (Å²) in [4.78, 5) is 21.7. The average molecular weight is 1050 g/mol. The predicted molar refractivity (Wildman–Crippen MR) is 332 cm³/mol. The number of nitrogens with zero attached hydrogens (tertiary/aromatic N) is 8. The highest BCUT2D eigenvalue weighted by atomic mass is 28.3. The Morgan fingerprint density at radius 3 is 0.988 bits per heavy atom. The lowest BCUT2D eigenvalue weighted by molar-refractivity contribution is 1.08. The maximum atomic E-state index is 5.73. The lowest BCUT2D eigenvalue weighted by atomic mass is 10.0. The second-order valence-electron chi connectivity index (χ2n) is 21.3. The van der Waals surface area contributed by atoms with Gasteiger partial charge in [0.05, 0.1) is 22.1 Å². The van der Waals surface area contributed by atoms with Crippen molar-refractivity contribution in [2.75, 3.05) is 0 Å². The summed E-state index contributed by atoms with van der Waals surface area (Å²) in [6.07, 6.45) is 3.77. The van der Waals surface area contributed by atoms with E-state index in [1.165, 1.54) is 64.5 Å². The van der Waals surface area contributed by atoms with Crippen molar-refractivity contribution in [3.63, 3.8) is 0 Å². The van der Waals surface area contributed by atoms with Crippen LogP contribution in [0.15, 0.2) is 267 Å². The zero-order valence-corrected chi connectivity index (χ0v) is 44.5. The quantitative estimate of drug-likeness (QED) is 0.156. The second kappa shape index (κ2) is 16.6. The van der Waals surface area contributed by atoms with Crippen LogP contribution in [0.4, 0.5) is 0 Å². The summed E-state index contributed by atoms with van der Waals surface area (Å²) in [6.45, 7) is 0. The van der Waals surface area contributed by atoms with Gasteiger partial charge in [-0.25, -0.2) is 19.9 Å². The fourth-order valence-electron chi connectivity index (χ4n) is 14.4. The third-order valence-electron chi connectivity index (χ3n) is 17.3.